The van der Waals surface area contributed by atoms with Crippen LogP contribution < -0.4 is 10.1 Å². The Labute approximate surface area is 179 Å². The predicted octanol–water partition coefficient (Wildman–Crippen LogP) is 3.83. The van der Waals surface area contributed by atoms with Gasteiger partial charge in [-0.3, -0.25) is 4.79 Å². The van der Waals surface area contributed by atoms with Crippen molar-refractivity contribution in [1.82, 2.24) is 5.32 Å². The monoisotopic (exact) mass is 443 g/mol. The summed E-state index contributed by atoms with van der Waals surface area (Å²) in [6, 6.07) is 4.53. The summed E-state index contributed by atoms with van der Waals surface area (Å²) >= 11 is 11.8. The number of esters is 2. The lowest BCUT2D eigenvalue weighted by Crippen LogP contribution is -2.34. The third-order valence-electron chi connectivity index (χ3n) is 3.45. The second kappa shape index (κ2) is 12.1. The molecule has 0 aliphatic heterocycles. The lowest BCUT2D eigenvalue weighted by atomic mass is 10.1. The van der Waals surface area contributed by atoms with E-state index in [1.807, 2.05) is 0 Å². The van der Waals surface area contributed by atoms with Gasteiger partial charge in [0.25, 0.3) is 0 Å². The van der Waals surface area contributed by atoms with Gasteiger partial charge in [-0.15, -0.1) is 0 Å². The average molecular weight is 444 g/mol. The van der Waals surface area contributed by atoms with Gasteiger partial charge in [0, 0.05) is 23.2 Å². The van der Waals surface area contributed by atoms with Crippen LogP contribution in [0.25, 0.3) is 0 Å². The first kappa shape index (κ1) is 24.5. The Morgan fingerprint density at radius 1 is 1.21 bits per heavy atom. The average Bonchev–Trinajstić information content (AvgIpc) is 2.64. The van der Waals surface area contributed by atoms with Gasteiger partial charge in [0.05, 0.1) is 11.6 Å². The van der Waals surface area contributed by atoms with Crippen molar-refractivity contribution in [2.45, 2.75) is 33.8 Å². The molecule has 0 saturated heterocycles. The van der Waals surface area contributed by atoms with Gasteiger partial charge in [0.1, 0.15) is 5.75 Å². The normalized spacial score (nSPS) is 12.8. The third-order valence-corrected chi connectivity index (χ3v) is 3.98. The van der Waals surface area contributed by atoms with Crippen molar-refractivity contribution in [2.75, 3.05) is 13.2 Å². The first-order valence-corrected chi connectivity index (χ1v) is 9.50. The molecular weight excluding hydrogens is 421 g/mol. The SMILES string of the molecule is C/C=C/C(NC(C)=O)=C(\C)C(OC(=O)COc1ccc(Cl)cc1Cl)C(=O)OCC. The molecule has 1 atom stereocenters. The van der Waals surface area contributed by atoms with E-state index in [4.69, 9.17) is 37.4 Å². The predicted molar refractivity (Wildman–Crippen MR) is 110 cm³/mol. The number of benzene rings is 1. The van der Waals surface area contributed by atoms with E-state index in [1.165, 1.54) is 19.1 Å². The molecule has 1 amide bonds. The van der Waals surface area contributed by atoms with Crippen molar-refractivity contribution >= 4 is 41.0 Å². The van der Waals surface area contributed by atoms with Crippen molar-refractivity contribution in [1.29, 1.82) is 0 Å². The molecule has 0 saturated carbocycles. The summed E-state index contributed by atoms with van der Waals surface area (Å²) in [5, 5.41) is 3.24. The highest BCUT2D eigenvalue weighted by Crippen LogP contribution is 2.27. The van der Waals surface area contributed by atoms with Crippen LogP contribution in [0.2, 0.25) is 10.0 Å². The fourth-order valence-electron chi connectivity index (χ4n) is 2.19. The number of allylic oxidation sites excluding steroid dienone is 2. The third kappa shape index (κ3) is 8.17. The van der Waals surface area contributed by atoms with E-state index in [9.17, 15) is 14.4 Å². The number of carbonyl (C=O) groups excluding carboxylic acids is 3. The molecule has 158 valence electrons. The van der Waals surface area contributed by atoms with Gasteiger partial charge in [-0.05, 0) is 45.0 Å². The summed E-state index contributed by atoms with van der Waals surface area (Å²) in [5.41, 5.74) is 0.627. The van der Waals surface area contributed by atoms with E-state index in [0.29, 0.717) is 16.3 Å². The summed E-state index contributed by atoms with van der Waals surface area (Å²) < 4.78 is 15.6. The van der Waals surface area contributed by atoms with E-state index < -0.39 is 24.6 Å². The van der Waals surface area contributed by atoms with Gasteiger partial charge in [0.15, 0.2) is 6.61 Å². The van der Waals surface area contributed by atoms with Gasteiger partial charge in [-0.1, -0.05) is 29.3 Å². The Bertz CT molecular complexity index is 819. The zero-order valence-electron chi connectivity index (χ0n) is 16.6. The second-order valence-electron chi connectivity index (χ2n) is 5.76. The standard InChI is InChI=1S/C20H23Cl2NO6/c1-5-7-16(23-13(4)24)12(3)19(20(26)27-6-2)29-18(25)11-28-17-9-8-14(21)10-15(17)22/h5,7-10,19H,6,11H2,1-4H3,(H,23,24)/b7-5+,16-12-. The maximum atomic E-state index is 12.3. The maximum absolute atomic E-state index is 12.3. The quantitative estimate of drug-likeness (QED) is 0.460. The zero-order valence-corrected chi connectivity index (χ0v) is 18.1. The Balaban J connectivity index is 3.00. The van der Waals surface area contributed by atoms with E-state index in [-0.39, 0.29) is 23.3 Å². The molecule has 29 heavy (non-hydrogen) atoms. The van der Waals surface area contributed by atoms with Crippen LogP contribution in [0.3, 0.4) is 0 Å². The molecule has 0 aromatic heterocycles. The highest BCUT2D eigenvalue weighted by molar-refractivity contribution is 6.35. The first-order valence-electron chi connectivity index (χ1n) is 8.74. The number of rotatable bonds is 9. The minimum atomic E-state index is -1.36. The largest absolute Gasteiger partial charge is 0.480 e. The molecule has 0 spiro atoms. The smallest absolute Gasteiger partial charge is 0.351 e. The van der Waals surface area contributed by atoms with Crippen LogP contribution in [0.5, 0.6) is 5.75 Å². The lowest BCUT2D eigenvalue weighted by molar-refractivity contribution is -0.166. The van der Waals surface area contributed by atoms with E-state index in [2.05, 4.69) is 5.32 Å². The van der Waals surface area contributed by atoms with Crippen molar-refractivity contribution in [3.05, 3.63) is 51.7 Å². The van der Waals surface area contributed by atoms with Crippen molar-refractivity contribution in [3.63, 3.8) is 0 Å². The number of ether oxygens (including phenoxy) is 3. The van der Waals surface area contributed by atoms with Crippen LogP contribution in [0.1, 0.15) is 27.7 Å². The molecule has 0 fully saturated rings. The van der Waals surface area contributed by atoms with Crippen LogP contribution in [-0.2, 0) is 23.9 Å². The van der Waals surface area contributed by atoms with Gasteiger partial charge in [-0.25, -0.2) is 9.59 Å². The number of halogens is 2. The Morgan fingerprint density at radius 2 is 1.90 bits per heavy atom. The minimum absolute atomic E-state index is 0.0934. The summed E-state index contributed by atoms with van der Waals surface area (Å²) in [7, 11) is 0. The summed E-state index contributed by atoms with van der Waals surface area (Å²) in [5.74, 6) is -1.70. The first-order chi connectivity index (χ1) is 13.7. The zero-order chi connectivity index (χ0) is 22.0. The van der Waals surface area contributed by atoms with Crippen LogP contribution in [0.4, 0.5) is 0 Å². The molecule has 7 nitrogen and oxygen atoms in total. The van der Waals surface area contributed by atoms with Gasteiger partial charge < -0.3 is 19.5 Å². The number of carbonyl (C=O) groups is 3. The molecule has 0 radical (unpaired) electrons. The number of nitrogens with one attached hydrogen (secondary N) is 1. The van der Waals surface area contributed by atoms with E-state index >= 15 is 0 Å². The lowest BCUT2D eigenvalue weighted by Gasteiger charge is -2.20. The Morgan fingerprint density at radius 3 is 2.45 bits per heavy atom. The molecule has 0 bridgehead atoms. The molecule has 1 unspecified atom stereocenters. The maximum Gasteiger partial charge on any atom is 0.351 e. The molecule has 1 rings (SSSR count). The van der Waals surface area contributed by atoms with Crippen LogP contribution >= 0.6 is 23.2 Å². The molecule has 0 heterocycles. The summed E-state index contributed by atoms with van der Waals surface area (Å²) in [6.07, 6.45) is 1.90. The van der Waals surface area contributed by atoms with Crippen molar-refractivity contribution < 1.29 is 28.6 Å². The number of hydrogen-bond acceptors (Lipinski definition) is 6. The van der Waals surface area contributed by atoms with Gasteiger partial charge >= 0.3 is 11.9 Å². The number of hydrogen-bond donors (Lipinski definition) is 1. The van der Waals surface area contributed by atoms with Crippen molar-refractivity contribution in [2.24, 2.45) is 0 Å². The fourth-order valence-corrected chi connectivity index (χ4v) is 2.66. The van der Waals surface area contributed by atoms with Crippen LogP contribution in [0, 0.1) is 0 Å². The highest BCUT2D eigenvalue weighted by Gasteiger charge is 2.28. The van der Waals surface area contributed by atoms with E-state index in [1.54, 1.807) is 39.0 Å². The topological polar surface area (TPSA) is 90.9 Å². The van der Waals surface area contributed by atoms with Gasteiger partial charge in [-0.2, -0.15) is 0 Å². The molecular formula is C20H23Cl2NO6. The molecule has 1 aromatic rings. The number of amides is 1. The van der Waals surface area contributed by atoms with E-state index in [0.717, 1.165) is 0 Å². The molecule has 0 aliphatic rings. The summed E-state index contributed by atoms with van der Waals surface area (Å²) in [6.45, 7) is 5.84. The minimum Gasteiger partial charge on any atom is -0.480 e. The molecule has 0 aliphatic carbocycles. The van der Waals surface area contributed by atoms with Crippen molar-refractivity contribution in [3.8, 4) is 5.75 Å². The molecule has 1 N–H and O–H groups in total. The molecule has 9 heteroatoms. The van der Waals surface area contributed by atoms with Crippen LogP contribution in [0.15, 0.2) is 41.6 Å². The molecule has 1 aromatic carbocycles. The van der Waals surface area contributed by atoms with Crippen LogP contribution in [-0.4, -0.2) is 37.2 Å². The Kier molecular flexibility index (Phi) is 10.3. The van der Waals surface area contributed by atoms with Gasteiger partial charge in [0.2, 0.25) is 12.0 Å². The Hall–Kier alpha value is -2.51. The fraction of sp³-hybridized carbons (Fsp3) is 0.350. The highest BCUT2D eigenvalue weighted by atomic mass is 35.5. The summed E-state index contributed by atoms with van der Waals surface area (Å²) in [4.78, 5) is 36.0. The second-order valence-corrected chi connectivity index (χ2v) is 6.61.